The second-order valence-electron chi connectivity index (χ2n) is 4.40. The summed E-state index contributed by atoms with van der Waals surface area (Å²) < 4.78 is 5.38. The fourth-order valence-electron chi connectivity index (χ4n) is 2.24. The quantitative estimate of drug-likeness (QED) is 0.820. The van der Waals surface area contributed by atoms with Crippen molar-refractivity contribution in [1.29, 1.82) is 0 Å². The molecule has 1 saturated heterocycles. The molecule has 0 bridgehead atoms. The van der Waals surface area contributed by atoms with Crippen LogP contribution in [0, 0.1) is 5.92 Å². The summed E-state index contributed by atoms with van der Waals surface area (Å²) in [6, 6.07) is 10.7. The minimum absolute atomic E-state index is 0.217. The van der Waals surface area contributed by atoms with Crippen LogP contribution in [0.25, 0.3) is 0 Å². The Morgan fingerprint density at radius 1 is 1.33 bits per heavy atom. The molecule has 2 rings (SSSR count). The molecule has 15 heavy (non-hydrogen) atoms. The Balaban J connectivity index is 2.03. The highest BCUT2D eigenvalue weighted by atomic mass is 16.5. The van der Waals surface area contributed by atoms with Gasteiger partial charge in [-0.2, -0.15) is 0 Å². The van der Waals surface area contributed by atoms with Crippen LogP contribution in [0.2, 0.25) is 0 Å². The SMILES string of the molecule is CC(c1ccccc1)C(N)C1CCOC1. The van der Waals surface area contributed by atoms with Crippen LogP contribution < -0.4 is 5.73 Å². The van der Waals surface area contributed by atoms with Crippen molar-refractivity contribution in [2.24, 2.45) is 11.7 Å². The van der Waals surface area contributed by atoms with Crippen molar-refractivity contribution in [1.82, 2.24) is 0 Å². The number of hydrogen-bond donors (Lipinski definition) is 1. The van der Waals surface area contributed by atoms with E-state index in [1.807, 2.05) is 6.07 Å². The molecule has 0 aliphatic carbocycles. The van der Waals surface area contributed by atoms with Gasteiger partial charge in [-0.05, 0) is 17.9 Å². The molecule has 0 amide bonds. The molecule has 2 heteroatoms. The molecule has 82 valence electrons. The summed E-state index contributed by atoms with van der Waals surface area (Å²) in [5.74, 6) is 0.943. The average Bonchev–Trinajstić information content (AvgIpc) is 2.82. The summed E-state index contributed by atoms with van der Waals surface area (Å²) in [5, 5.41) is 0. The third-order valence-electron chi connectivity index (χ3n) is 3.41. The van der Waals surface area contributed by atoms with Gasteiger partial charge in [-0.1, -0.05) is 37.3 Å². The van der Waals surface area contributed by atoms with Crippen LogP contribution in [0.4, 0.5) is 0 Å². The molecule has 0 spiro atoms. The van der Waals surface area contributed by atoms with Gasteiger partial charge in [0, 0.05) is 18.6 Å². The third-order valence-corrected chi connectivity index (χ3v) is 3.41. The van der Waals surface area contributed by atoms with Gasteiger partial charge in [0.15, 0.2) is 0 Å². The third kappa shape index (κ3) is 2.39. The van der Waals surface area contributed by atoms with E-state index in [2.05, 4.69) is 31.2 Å². The largest absolute Gasteiger partial charge is 0.381 e. The van der Waals surface area contributed by atoms with Crippen LogP contribution in [0.3, 0.4) is 0 Å². The topological polar surface area (TPSA) is 35.2 Å². The van der Waals surface area contributed by atoms with Gasteiger partial charge in [0.25, 0.3) is 0 Å². The predicted molar refractivity (Wildman–Crippen MR) is 61.8 cm³/mol. The van der Waals surface area contributed by atoms with E-state index in [-0.39, 0.29) is 6.04 Å². The van der Waals surface area contributed by atoms with Crippen molar-refractivity contribution in [3.8, 4) is 0 Å². The van der Waals surface area contributed by atoms with E-state index in [0.29, 0.717) is 11.8 Å². The lowest BCUT2D eigenvalue weighted by molar-refractivity contribution is 0.178. The zero-order valence-corrected chi connectivity index (χ0v) is 9.23. The van der Waals surface area contributed by atoms with Gasteiger partial charge in [0.2, 0.25) is 0 Å². The first-order valence-electron chi connectivity index (χ1n) is 5.67. The lowest BCUT2D eigenvalue weighted by Crippen LogP contribution is -2.35. The fourth-order valence-corrected chi connectivity index (χ4v) is 2.24. The van der Waals surface area contributed by atoms with Crippen molar-refractivity contribution >= 4 is 0 Å². The van der Waals surface area contributed by atoms with Gasteiger partial charge in [0.05, 0.1) is 6.61 Å². The van der Waals surface area contributed by atoms with Gasteiger partial charge < -0.3 is 10.5 Å². The Hall–Kier alpha value is -0.860. The van der Waals surface area contributed by atoms with Crippen LogP contribution in [-0.2, 0) is 4.74 Å². The van der Waals surface area contributed by atoms with Crippen molar-refractivity contribution in [3.05, 3.63) is 35.9 Å². The van der Waals surface area contributed by atoms with Crippen molar-refractivity contribution < 1.29 is 4.74 Å². The van der Waals surface area contributed by atoms with E-state index in [0.717, 1.165) is 19.6 Å². The maximum Gasteiger partial charge on any atom is 0.0510 e. The van der Waals surface area contributed by atoms with E-state index >= 15 is 0 Å². The summed E-state index contributed by atoms with van der Waals surface area (Å²) >= 11 is 0. The number of rotatable bonds is 3. The minimum Gasteiger partial charge on any atom is -0.381 e. The first kappa shape index (κ1) is 10.7. The molecule has 0 saturated carbocycles. The normalized spacial score (nSPS) is 25.1. The minimum atomic E-state index is 0.217. The highest BCUT2D eigenvalue weighted by Crippen LogP contribution is 2.26. The van der Waals surface area contributed by atoms with Crippen LogP contribution in [0.1, 0.15) is 24.8 Å². The summed E-state index contributed by atoms with van der Waals surface area (Å²) in [7, 11) is 0. The molecule has 3 atom stereocenters. The first-order valence-corrected chi connectivity index (χ1v) is 5.67. The van der Waals surface area contributed by atoms with Crippen molar-refractivity contribution in [3.63, 3.8) is 0 Å². The molecule has 1 fully saturated rings. The lowest BCUT2D eigenvalue weighted by atomic mass is 9.85. The van der Waals surface area contributed by atoms with Crippen LogP contribution >= 0.6 is 0 Å². The molecule has 1 aromatic carbocycles. The number of benzene rings is 1. The molecule has 0 radical (unpaired) electrons. The van der Waals surface area contributed by atoms with Gasteiger partial charge in [-0.25, -0.2) is 0 Å². The van der Waals surface area contributed by atoms with Gasteiger partial charge in [0.1, 0.15) is 0 Å². The van der Waals surface area contributed by atoms with Crippen LogP contribution in [-0.4, -0.2) is 19.3 Å². The smallest absolute Gasteiger partial charge is 0.0510 e. The standard InChI is InChI=1S/C13H19NO/c1-10(11-5-3-2-4-6-11)13(14)12-7-8-15-9-12/h2-6,10,12-13H,7-9,14H2,1H3. The maximum absolute atomic E-state index is 6.27. The van der Waals surface area contributed by atoms with Gasteiger partial charge >= 0.3 is 0 Å². The Labute approximate surface area is 91.4 Å². The van der Waals surface area contributed by atoms with E-state index in [9.17, 15) is 0 Å². The molecule has 1 aliphatic heterocycles. The first-order chi connectivity index (χ1) is 7.29. The zero-order valence-electron chi connectivity index (χ0n) is 9.23. The molecule has 1 heterocycles. The molecular weight excluding hydrogens is 186 g/mol. The predicted octanol–water partition coefficient (Wildman–Crippen LogP) is 2.15. The highest BCUT2D eigenvalue weighted by Gasteiger charge is 2.27. The monoisotopic (exact) mass is 205 g/mol. The average molecular weight is 205 g/mol. The second-order valence-corrected chi connectivity index (χ2v) is 4.40. The van der Waals surface area contributed by atoms with E-state index in [4.69, 9.17) is 10.5 Å². The highest BCUT2D eigenvalue weighted by molar-refractivity contribution is 5.20. The summed E-state index contributed by atoms with van der Waals surface area (Å²) in [6.45, 7) is 3.91. The zero-order chi connectivity index (χ0) is 10.7. The molecular formula is C13H19NO. The molecule has 2 N–H and O–H groups in total. The van der Waals surface area contributed by atoms with Crippen LogP contribution in [0.15, 0.2) is 30.3 Å². The maximum atomic E-state index is 6.27. The Morgan fingerprint density at radius 3 is 2.67 bits per heavy atom. The fraction of sp³-hybridized carbons (Fsp3) is 0.538. The van der Waals surface area contributed by atoms with Crippen molar-refractivity contribution in [2.45, 2.75) is 25.3 Å². The second kappa shape index (κ2) is 4.77. The summed E-state index contributed by atoms with van der Waals surface area (Å²) in [6.07, 6.45) is 1.11. The van der Waals surface area contributed by atoms with Crippen LogP contribution in [0.5, 0.6) is 0 Å². The molecule has 0 aromatic heterocycles. The number of nitrogens with two attached hydrogens (primary N) is 1. The van der Waals surface area contributed by atoms with E-state index in [1.165, 1.54) is 5.56 Å². The molecule has 3 unspecified atom stereocenters. The molecule has 1 aromatic rings. The molecule has 2 nitrogen and oxygen atoms in total. The Morgan fingerprint density at radius 2 is 2.07 bits per heavy atom. The van der Waals surface area contributed by atoms with Crippen molar-refractivity contribution in [2.75, 3.05) is 13.2 Å². The van der Waals surface area contributed by atoms with E-state index < -0.39 is 0 Å². The Kier molecular flexibility index (Phi) is 3.39. The summed E-state index contributed by atoms with van der Waals surface area (Å²) in [4.78, 5) is 0. The van der Waals surface area contributed by atoms with Gasteiger partial charge in [-0.15, -0.1) is 0 Å². The van der Waals surface area contributed by atoms with E-state index in [1.54, 1.807) is 0 Å². The van der Waals surface area contributed by atoms with Gasteiger partial charge in [-0.3, -0.25) is 0 Å². The number of ether oxygens (including phenoxy) is 1. The molecule has 1 aliphatic rings. The number of hydrogen-bond acceptors (Lipinski definition) is 2. The summed E-state index contributed by atoms with van der Waals surface area (Å²) in [5.41, 5.74) is 7.60. The Bertz CT molecular complexity index is 293. The lowest BCUT2D eigenvalue weighted by Gasteiger charge is -2.24.